The van der Waals surface area contributed by atoms with Crippen molar-refractivity contribution in [3.8, 4) is 11.5 Å². The number of esters is 1. The summed E-state index contributed by atoms with van der Waals surface area (Å²) in [7, 11) is 0. The van der Waals surface area contributed by atoms with Crippen LogP contribution >= 0.6 is 0 Å². The van der Waals surface area contributed by atoms with Crippen LogP contribution in [0.4, 0.5) is 5.69 Å². The fraction of sp³-hybridized carbons (Fsp3) is 0.176. The van der Waals surface area contributed by atoms with Gasteiger partial charge >= 0.3 is 5.97 Å². The number of carbonyl (C=O) groups is 2. The highest BCUT2D eigenvalue weighted by Gasteiger charge is 2.14. The first-order valence-electron chi connectivity index (χ1n) is 7.08. The van der Waals surface area contributed by atoms with Crippen LogP contribution < -0.4 is 5.32 Å². The minimum absolute atomic E-state index is 0.00893. The third kappa shape index (κ3) is 4.23. The van der Waals surface area contributed by atoms with Gasteiger partial charge in [-0.2, -0.15) is 0 Å². The van der Waals surface area contributed by atoms with Gasteiger partial charge in [0.05, 0.1) is 24.3 Å². The molecule has 6 nitrogen and oxygen atoms in total. The molecule has 0 unspecified atom stereocenters. The first-order valence-corrected chi connectivity index (χ1v) is 7.08. The lowest BCUT2D eigenvalue weighted by molar-refractivity contribution is -0.115. The molecule has 0 saturated heterocycles. The van der Waals surface area contributed by atoms with E-state index < -0.39 is 5.97 Å². The van der Waals surface area contributed by atoms with E-state index in [2.05, 4.69) is 5.32 Å². The van der Waals surface area contributed by atoms with Crippen LogP contribution in [0, 0.1) is 0 Å². The Hall–Kier alpha value is -3.02. The van der Waals surface area contributed by atoms with Gasteiger partial charge in [0.1, 0.15) is 0 Å². The van der Waals surface area contributed by atoms with E-state index in [9.17, 15) is 19.8 Å². The maximum absolute atomic E-state index is 12.1. The van der Waals surface area contributed by atoms with Crippen LogP contribution in [-0.4, -0.2) is 28.7 Å². The zero-order chi connectivity index (χ0) is 16.8. The van der Waals surface area contributed by atoms with Crippen molar-refractivity contribution < 1.29 is 24.5 Å². The molecule has 0 aliphatic carbocycles. The summed E-state index contributed by atoms with van der Waals surface area (Å²) >= 11 is 0. The molecule has 23 heavy (non-hydrogen) atoms. The molecule has 120 valence electrons. The summed E-state index contributed by atoms with van der Waals surface area (Å²) in [4.78, 5) is 24.0. The molecule has 0 spiro atoms. The van der Waals surface area contributed by atoms with Gasteiger partial charge in [0, 0.05) is 0 Å². The summed E-state index contributed by atoms with van der Waals surface area (Å²) in [5, 5.41) is 21.3. The van der Waals surface area contributed by atoms with Crippen LogP contribution in [0.25, 0.3) is 0 Å². The summed E-state index contributed by atoms with van der Waals surface area (Å²) in [5.74, 6) is -1.40. The van der Waals surface area contributed by atoms with Crippen molar-refractivity contribution >= 4 is 17.6 Å². The summed E-state index contributed by atoms with van der Waals surface area (Å²) in [6.07, 6.45) is -0.00893. The Bertz CT molecular complexity index is 727. The number of amides is 1. The second-order valence-corrected chi connectivity index (χ2v) is 4.81. The number of hydrogen-bond donors (Lipinski definition) is 3. The Kier molecular flexibility index (Phi) is 5.19. The second kappa shape index (κ2) is 7.31. The number of anilines is 1. The molecular formula is C17H17NO5. The first-order chi connectivity index (χ1) is 11.0. The quantitative estimate of drug-likeness (QED) is 0.582. The Balaban J connectivity index is 2.11. The number of benzene rings is 2. The van der Waals surface area contributed by atoms with E-state index in [-0.39, 0.29) is 36.0 Å². The highest BCUT2D eigenvalue weighted by Crippen LogP contribution is 2.25. The summed E-state index contributed by atoms with van der Waals surface area (Å²) < 4.78 is 4.95. The Labute approximate surface area is 133 Å². The molecule has 1 amide bonds. The zero-order valence-electron chi connectivity index (χ0n) is 12.6. The number of phenolic OH excluding ortho intramolecular Hbond substituents is 2. The van der Waals surface area contributed by atoms with Crippen molar-refractivity contribution in [2.24, 2.45) is 0 Å². The van der Waals surface area contributed by atoms with Crippen molar-refractivity contribution in [1.29, 1.82) is 0 Å². The number of carbonyl (C=O) groups excluding carboxylic acids is 2. The van der Waals surface area contributed by atoms with Crippen LogP contribution in [0.2, 0.25) is 0 Å². The molecule has 0 bridgehead atoms. The van der Waals surface area contributed by atoms with E-state index in [1.807, 2.05) is 0 Å². The molecule has 0 heterocycles. The maximum atomic E-state index is 12.1. The number of aromatic hydroxyl groups is 2. The number of ether oxygens (including phenoxy) is 1. The Morgan fingerprint density at radius 1 is 1.09 bits per heavy atom. The second-order valence-electron chi connectivity index (χ2n) is 4.81. The summed E-state index contributed by atoms with van der Waals surface area (Å²) in [6.45, 7) is 1.95. The molecule has 0 atom stereocenters. The van der Waals surface area contributed by atoms with Gasteiger partial charge in [-0.3, -0.25) is 4.79 Å². The molecule has 0 aliphatic heterocycles. The van der Waals surface area contributed by atoms with Crippen LogP contribution in [-0.2, 0) is 16.0 Å². The Morgan fingerprint density at radius 2 is 1.83 bits per heavy atom. The van der Waals surface area contributed by atoms with Gasteiger partial charge in [0.2, 0.25) is 5.91 Å². The van der Waals surface area contributed by atoms with Crippen molar-refractivity contribution in [3.63, 3.8) is 0 Å². The molecule has 0 radical (unpaired) electrons. The van der Waals surface area contributed by atoms with Crippen LogP contribution in [0.3, 0.4) is 0 Å². The van der Waals surface area contributed by atoms with Gasteiger partial charge in [-0.15, -0.1) is 0 Å². The molecule has 6 heteroatoms. The maximum Gasteiger partial charge on any atom is 0.340 e. The van der Waals surface area contributed by atoms with Crippen molar-refractivity contribution in [2.45, 2.75) is 13.3 Å². The van der Waals surface area contributed by atoms with Gasteiger partial charge in [-0.05, 0) is 36.8 Å². The summed E-state index contributed by atoms with van der Waals surface area (Å²) in [5.41, 5.74) is 1.17. The van der Waals surface area contributed by atoms with Gasteiger partial charge in [0.25, 0.3) is 0 Å². The molecule has 0 aromatic heterocycles. The normalized spacial score (nSPS) is 10.1. The molecule has 2 aromatic carbocycles. The van der Waals surface area contributed by atoms with E-state index >= 15 is 0 Å². The minimum atomic E-state index is -0.509. The molecule has 0 aliphatic rings. The smallest absolute Gasteiger partial charge is 0.340 e. The summed E-state index contributed by atoms with van der Waals surface area (Å²) in [6, 6.07) is 10.7. The van der Waals surface area contributed by atoms with Crippen molar-refractivity contribution in [3.05, 3.63) is 53.6 Å². The van der Waals surface area contributed by atoms with Gasteiger partial charge in [0.15, 0.2) is 11.5 Å². The predicted octanol–water partition coefficient (Wildman–Crippen LogP) is 2.46. The molecule has 0 saturated carbocycles. The van der Waals surface area contributed by atoms with Gasteiger partial charge in [-0.1, -0.05) is 18.2 Å². The molecule has 3 N–H and O–H groups in total. The first kappa shape index (κ1) is 16.4. The molecule has 0 fully saturated rings. The average Bonchev–Trinajstić information content (AvgIpc) is 2.51. The molecular weight excluding hydrogens is 298 g/mol. The van der Waals surface area contributed by atoms with E-state index in [0.29, 0.717) is 11.3 Å². The number of hydrogen-bond acceptors (Lipinski definition) is 5. The van der Waals surface area contributed by atoms with Gasteiger partial charge in [-0.25, -0.2) is 4.79 Å². The van der Waals surface area contributed by atoms with Crippen LogP contribution in [0.15, 0.2) is 42.5 Å². The van der Waals surface area contributed by atoms with Crippen LogP contribution in [0.1, 0.15) is 22.8 Å². The average molecular weight is 315 g/mol. The largest absolute Gasteiger partial charge is 0.504 e. The van der Waals surface area contributed by atoms with Crippen molar-refractivity contribution in [1.82, 2.24) is 0 Å². The minimum Gasteiger partial charge on any atom is -0.504 e. The third-order valence-electron chi connectivity index (χ3n) is 3.10. The number of para-hydroxylation sites is 1. The monoisotopic (exact) mass is 315 g/mol. The topological polar surface area (TPSA) is 95.9 Å². The highest BCUT2D eigenvalue weighted by atomic mass is 16.5. The third-order valence-corrected chi connectivity index (χ3v) is 3.10. The highest BCUT2D eigenvalue weighted by molar-refractivity contribution is 6.01. The molecule has 2 aromatic rings. The van der Waals surface area contributed by atoms with Crippen molar-refractivity contribution in [2.75, 3.05) is 11.9 Å². The lowest BCUT2D eigenvalue weighted by Crippen LogP contribution is -2.17. The van der Waals surface area contributed by atoms with Gasteiger partial charge < -0.3 is 20.3 Å². The number of phenols is 2. The van der Waals surface area contributed by atoms with E-state index in [1.165, 1.54) is 18.2 Å². The number of nitrogens with one attached hydrogen (secondary N) is 1. The lowest BCUT2D eigenvalue weighted by atomic mass is 10.1. The predicted molar refractivity (Wildman–Crippen MR) is 84.5 cm³/mol. The lowest BCUT2D eigenvalue weighted by Gasteiger charge is -2.10. The standard InChI is InChI=1S/C17H17NO5/c1-2-23-17(22)12-5-3-4-6-13(12)18-16(21)10-11-7-8-14(19)15(20)9-11/h3-9,19-20H,2,10H2,1H3,(H,18,21). The van der Waals surface area contributed by atoms with E-state index in [4.69, 9.17) is 4.74 Å². The Morgan fingerprint density at radius 3 is 2.52 bits per heavy atom. The van der Waals surface area contributed by atoms with Crippen LogP contribution in [0.5, 0.6) is 11.5 Å². The molecule has 2 rings (SSSR count). The van der Waals surface area contributed by atoms with E-state index in [0.717, 1.165) is 0 Å². The number of rotatable bonds is 5. The fourth-order valence-corrected chi connectivity index (χ4v) is 2.04. The SMILES string of the molecule is CCOC(=O)c1ccccc1NC(=O)Cc1ccc(O)c(O)c1. The fourth-order valence-electron chi connectivity index (χ4n) is 2.04. The zero-order valence-corrected chi connectivity index (χ0v) is 12.6. The van der Waals surface area contributed by atoms with E-state index in [1.54, 1.807) is 31.2 Å².